The van der Waals surface area contributed by atoms with E-state index in [9.17, 15) is 0 Å². The number of amides is 4. The van der Waals surface area contributed by atoms with E-state index in [0.29, 0.717) is 73.5 Å². The number of carbonyl (C=O) groups is 4. The van der Waals surface area contributed by atoms with Crippen LogP contribution in [0.4, 0.5) is 0 Å². The molecule has 4 amide bonds. The Morgan fingerprint density at radius 1 is 0.246 bits per heavy atom. The number of hydrogen-bond acceptors (Lipinski definition) is 12. The number of ether oxygens (including phenoxy) is 2. The number of unbranched alkanes of at least 4 members (excludes halogenated alkanes) is 12. The molecule has 10 heterocycles. The third-order valence-electron chi connectivity index (χ3n) is 30.1. The monoisotopic (exact) mass is 1960 g/mol. The van der Waals surface area contributed by atoms with Gasteiger partial charge < -0.3 is 29.1 Å². The molecule has 0 spiro atoms. The van der Waals surface area contributed by atoms with Gasteiger partial charge in [-0.2, -0.15) is 0 Å². The van der Waals surface area contributed by atoms with Gasteiger partial charge in [0.1, 0.15) is 11.5 Å². The van der Waals surface area contributed by atoms with Crippen LogP contribution in [0.3, 0.4) is 0 Å². The van der Waals surface area contributed by atoms with Crippen LogP contribution in [0.5, 0.6) is 11.5 Å². The summed E-state index contributed by atoms with van der Waals surface area (Å²) in [4.78, 5) is 84.1. The first-order chi connectivity index (χ1) is 67.5. The molecule has 0 radical (unpaired) electrons. The molecule has 0 bridgehead atoms. The van der Waals surface area contributed by atoms with Gasteiger partial charge in [-0.15, -0.1) is 68.0 Å². The molecule has 4 aliphatic rings. The second-order valence-corrected chi connectivity index (χ2v) is 46.3. The lowest BCUT2D eigenvalue weighted by atomic mass is 9.93. The normalized spacial score (nSPS) is 15.5. The lowest BCUT2D eigenvalue weighted by molar-refractivity contribution is -0.124. The SMILES string of the molecule is CCCCCCc1ccc(-c2ccc(C3=C4C(=O)N(CC(CC)CCCC)C(c5ccc(-c6cc7c(-c8ccc(OCC(CC)CCCC)cc8)c8sc(-c9ccc(C%10=C%11C(=O)N(CC(CC)CCCC)C(c%12ccc(-c%13ccc(CCCCCC)cc%13)s%12)=C%11C(=O)N%10CC(CC)CCCC)s9)cc8c(-c8ccc(OCC(CC)CCCC)cc8)c7s6)s5)=C4C(=O)N3CC(CC)CCCC)s2)cc1. The summed E-state index contributed by atoms with van der Waals surface area (Å²) in [5.41, 5.74) is 14.7. The number of thiophene rings is 6. The van der Waals surface area contributed by atoms with E-state index in [4.69, 9.17) is 9.47 Å². The summed E-state index contributed by atoms with van der Waals surface area (Å²) in [5, 5.41) is 2.27. The van der Waals surface area contributed by atoms with Crippen molar-refractivity contribution >= 4 is 135 Å². The third kappa shape index (κ3) is 23.6. The van der Waals surface area contributed by atoms with Crippen molar-refractivity contribution in [2.24, 2.45) is 35.5 Å². The van der Waals surface area contributed by atoms with E-state index in [1.165, 1.54) is 75.3 Å². The predicted molar refractivity (Wildman–Crippen MR) is 595 cm³/mol. The molecule has 0 fully saturated rings. The third-order valence-corrected chi connectivity index (χ3v) is 37.2. The van der Waals surface area contributed by atoms with E-state index in [1.54, 1.807) is 45.3 Å². The topological polar surface area (TPSA) is 99.7 Å². The highest BCUT2D eigenvalue weighted by atomic mass is 32.1. The lowest BCUT2D eigenvalue weighted by Crippen LogP contribution is -2.34. The van der Waals surface area contributed by atoms with Crippen LogP contribution in [0.15, 0.2) is 180 Å². The van der Waals surface area contributed by atoms with Crippen molar-refractivity contribution in [2.45, 2.75) is 315 Å². The Kier molecular flexibility index (Phi) is 37.7. The Morgan fingerprint density at radius 2 is 0.500 bits per heavy atom. The molecule has 6 aromatic heterocycles. The Balaban J connectivity index is 0.902. The van der Waals surface area contributed by atoms with Gasteiger partial charge in [0.15, 0.2) is 0 Å². The van der Waals surface area contributed by atoms with Crippen LogP contribution < -0.4 is 9.47 Å². The quantitative estimate of drug-likeness (QED) is 0.0352. The molecule has 15 rings (SSSR count). The van der Waals surface area contributed by atoms with Crippen molar-refractivity contribution in [1.29, 1.82) is 0 Å². The number of carbonyl (C=O) groups excluding carboxylic acids is 4. The fourth-order valence-electron chi connectivity index (χ4n) is 21.1. The molecule has 138 heavy (non-hydrogen) atoms. The van der Waals surface area contributed by atoms with Crippen LogP contribution in [0, 0.1) is 35.5 Å². The van der Waals surface area contributed by atoms with E-state index in [0.717, 1.165) is 291 Å². The van der Waals surface area contributed by atoms with E-state index >= 15 is 19.2 Å². The number of hydrogen-bond donors (Lipinski definition) is 0. The highest BCUT2D eigenvalue weighted by molar-refractivity contribution is 7.28. The van der Waals surface area contributed by atoms with Crippen LogP contribution in [0.2, 0.25) is 0 Å². The summed E-state index contributed by atoms with van der Waals surface area (Å²) in [5.74, 6) is 3.39. The van der Waals surface area contributed by atoms with Crippen molar-refractivity contribution in [1.82, 2.24) is 19.6 Å². The molecular weight excluding hydrogens is 1810 g/mol. The van der Waals surface area contributed by atoms with Crippen LogP contribution in [0.1, 0.15) is 333 Å². The number of nitrogens with zero attached hydrogens (tertiary/aromatic N) is 4. The molecule has 734 valence electrons. The van der Waals surface area contributed by atoms with Crippen LogP contribution in [0.25, 0.3) is 106 Å². The molecule has 6 unspecified atom stereocenters. The molecule has 0 saturated carbocycles. The van der Waals surface area contributed by atoms with E-state index < -0.39 is 0 Å². The van der Waals surface area contributed by atoms with Crippen LogP contribution >= 0.6 is 68.0 Å². The van der Waals surface area contributed by atoms with Gasteiger partial charge >= 0.3 is 0 Å². The molecule has 16 heteroatoms. The summed E-state index contributed by atoms with van der Waals surface area (Å²) < 4.78 is 15.8. The predicted octanol–water partition coefficient (Wildman–Crippen LogP) is 36.3. The maximum atomic E-state index is 16.4. The van der Waals surface area contributed by atoms with Gasteiger partial charge in [0.05, 0.1) is 77.8 Å². The first kappa shape index (κ1) is 104. The number of benzene rings is 5. The molecule has 0 N–H and O–H groups in total. The average molecular weight is 1960 g/mol. The van der Waals surface area contributed by atoms with Gasteiger partial charge in [0.2, 0.25) is 0 Å². The number of aryl methyl sites for hydroxylation is 2. The molecule has 0 saturated heterocycles. The highest BCUT2D eigenvalue weighted by Crippen LogP contribution is 2.58. The Morgan fingerprint density at radius 3 is 0.775 bits per heavy atom. The Labute approximate surface area is 851 Å². The minimum atomic E-state index is -0.0656. The Bertz CT molecular complexity index is 5620. The van der Waals surface area contributed by atoms with E-state index in [2.05, 4.69) is 255 Å². The molecule has 4 aliphatic heterocycles. The van der Waals surface area contributed by atoms with E-state index in [1.807, 2.05) is 42.3 Å². The number of rotatable bonds is 58. The molecule has 0 aliphatic carbocycles. The summed E-state index contributed by atoms with van der Waals surface area (Å²) in [6, 6.07) is 58.7. The average Bonchev–Trinajstić information content (AvgIpc) is 1.55. The zero-order valence-electron chi connectivity index (χ0n) is 85.4. The molecule has 6 atom stereocenters. The zero-order chi connectivity index (χ0) is 96.9. The highest BCUT2D eigenvalue weighted by Gasteiger charge is 2.52. The first-order valence-electron chi connectivity index (χ1n) is 53.8. The van der Waals surface area contributed by atoms with Gasteiger partial charge in [-0.3, -0.25) is 19.2 Å². The number of fused-ring (bicyclic) bond motifs is 4. The fourth-order valence-corrected chi connectivity index (χ4v) is 28.0. The summed E-state index contributed by atoms with van der Waals surface area (Å²) in [6.07, 6.45) is 37.4. The standard InChI is InChI=1S/C122H154N4O6S6/c1-15-29-37-39-47-87-49-53-89(54-50-87)97-65-69-101(133-97)113-109-111(121(129)123(113)75-81(23-9)41-31-17-3)115(125(119(109)127)77-83(25-11)43-33-19-5)103-71-67-99(135-103)105-73-95-107(91-57-61-93(62-58-91)131-79-85(27-13)45-35-21-7)118-96(108(117(95)137-105)92-59-63-94(64-60-92)132-80-86(28-14)46-36-22-8)74-106(138-118)100-68-72-104(136-100)116-112-110(120(128)126(116)78-84(26-12)44-34-20-6)114(124(122(112)130)76-82(24-10)42-32-18-4)102-70-66-98(134-102)90-55-51-88(52-56-90)48-40-38-30-16-2/h49-74,81-86H,15-48,75-80H2,1-14H3. The summed E-state index contributed by atoms with van der Waals surface area (Å²) in [6.45, 7) is 35.2. The molecule has 10 nitrogen and oxygen atoms in total. The molecule has 5 aromatic carbocycles. The summed E-state index contributed by atoms with van der Waals surface area (Å²) >= 11 is 10.5. The van der Waals surface area contributed by atoms with Crippen molar-refractivity contribution in [3.63, 3.8) is 0 Å². The van der Waals surface area contributed by atoms with Gasteiger partial charge in [-0.25, -0.2) is 0 Å². The van der Waals surface area contributed by atoms with Crippen molar-refractivity contribution < 1.29 is 28.7 Å². The fraction of sp³-hybridized carbons (Fsp3) is 0.492. The first-order valence-corrected chi connectivity index (χ1v) is 58.7. The van der Waals surface area contributed by atoms with Gasteiger partial charge in [-0.05, 0) is 218 Å². The summed E-state index contributed by atoms with van der Waals surface area (Å²) in [7, 11) is 0. The van der Waals surface area contributed by atoms with Crippen LogP contribution in [-0.4, -0.2) is 82.6 Å². The van der Waals surface area contributed by atoms with Crippen molar-refractivity contribution in [2.75, 3.05) is 39.4 Å². The maximum absolute atomic E-state index is 16.4. The van der Waals surface area contributed by atoms with Crippen molar-refractivity contribution in [3.8, 4) is 74.1 Å². The second-order valence-electron chi connectivity index (χ2n) is 39.9. The van der Waals surface area contributed by atoms with Crippen molar-refractivity contribution in [3.05, 3.63) is 211 Å². The Hall–Kier alpha value is -8.74. The second kappa shape index (κ2) is 50.3. The lowest BCUT2D eigenvalue weighted by Gasteiger charge is -2.29. The molecule has 11 aromatic rings. The minimum Gasteiger partial charge on any atom is -0.493 e. The maximum Gasteiger partial charge on any atom is 0.261 e. The van der Waals surface area contributed by atoms with Crippen LogP contribution in [-0.2, 0) is 32.0 Å². The van der Waals surface area contributed by atoms with E-state index in [-0.39, 0.29) is 47.3 Å². The van der Waals surface area contributed by atoms with Gasteiger partial charge in [0.25, 0.3) is 23.6 Å². The smallest absolute Gasteiger partial charge is 0.261 e. The van der Waals surface area contributed by atoms with Gasteiger partial charge in [0, 0.05) is 86.7 Å². The minimum absolute atomic E-state index is 0.0656. The van der Waals surface area contributed by atoms with Gasteiger partial charge in [-0.1, -0.05) is 324 Å². The molecular formula is C122H154N4O6S6. The largest absolute Gasteiger partial charge is 0.493 e. The zero-order valence-corrected chi connectivity index (χ0v) is 90.3.